The molecule has 2 aromatic carbocycles. The molecule has 4 rings (SSSR count). The Labute approximate surface area is 130 Å². The van der Waals surface area contributed by atoms with Crippen LogP contribution in [0.25, 0.3) is 11.1 Å². The van der Waals surface area contributed by atoms with E-state index in [2.05, 4.69) is 64.7 Å². The maximum atomic E-state index is 5.55. The van der Waals surface area contributed by atoms with Crippen LogP contribution in [-0.4, -0.2) is 11.7 Å². The summed E-state index contributed by atoms with van der Waals surface area (Å²) in [7, 11) is 0. The minimum Gasteiger partial charge on any atom is -0.366 e. The summed E-state index contributed by atoms with van der Waals surface area (Å²) in [5, 5.41) is 4.15. The van der Waals surface area contributed by atoms with Crippen molar-refractivity contribution in [3.05, 3.63) is 71.6 Å². The van der Waals surface area contributed by atoms with Gasteiger partial charge in [-0.05, 0) is 18.6 Å². The van der Waals surface area contributed by atoms with Crippen molar-refractivity contribution in [2.75, 3.05) is 11.4 Å². The number of aromatic nitrogens is 1. The summed E-state index contributed by atoms with van der Waals surface area (Å²) in [4.78, 5) is 2.43. The smallest absolute Gasteiger partial charge is 0.146 e. The van der Waals surface area contributed by atoms with Crippen LogP contribution in [0.2, 0.25) is 0 Å². The zero-order valence-electron chi connectivity index (χ0n) is 12.6. The Bertz CT molecular complexity index is 792. The Morgan fingerprint density at radius 2 is 1.82 bits per heavy atom. The van der Waals surface area contributed by atoms with Gasteiger partial charge in [0.05, 0.1) is 5.69 Å². The maximum absolute atomic E-state index is 5.55. The number of aryl methyl sites for hydroxylation is 1. The normalized spacial score (nSPS) is 13.4. The van der Waals surface area contributed by atoms with Crippen molar-refractivity contribution in [1.29, 1.82) is 0 Å². The van der Waals surface area contributed by atoms with Crippen LogP contribution in [0.5, 0.6) is 0 Å². The van der Waals surface area contributed by atoms with E-state index in [1.165, 1.54) is 22.4 Å². The van der Waals surface area contributed by atoms with Crippen LogP contribution in [0.3, 0.4) is 0 Å². The SMILES string of the molecule is Cc1noc2c1-c1ccccc1N(Cc1ccccc1)CC2. The molecule has 1 aromatic heterocycles. The fourth-order valence-corrected chi connectivity index (χ4v) is 3.22. The van der Waals surface area contributed by atoms with Gasteiger partial charge in [-0.3, -0.25) is 0 Å². The molecule has 2 heterocycles. The molecule has 1 aliphatic rings. The largest absolute Gasteiger partial charge is 0.366 e. The first-order chi connectivity index (χ1) is 10.8. The molecule has 3 aromatic rings. The van der Waals surface area contributed by atoms with E-state index >= 15 is 0 Å². The summed E-state index contributed by atoms with van der Waals surface area (Å²) in [5.74, 6) is 1.00. The average Bonchev–Trinajstić information content (AvgIpc) is 2.85. The van der Waals surface area contributed by atoms with Crippen molar-refractivity contribution in [2.45, 2.75) is 19.9 Å². The van der Waals surface area contributed by atoms with E-state index in [-0.39, 0.29) is 0 Å². The number of anilines is 1. The quantitative estimate of drug-likeness (QED) is 0.708. The lowest BCUT2D eigenvalue weighted by Crippen LogP contribution is -2.24. The molecular formula is C19H18N2O. The van der Waals surface area contributed by atoms with Gasteiger partial charge in [-0.15, -0.1) is 0 Å². The summed E-state index contributed by atoms with van der Waals surface area (Å²) in [6.07, 6.45) is 0.887. The number of rotatable bonds is 2. The Balaban J connectivity index is 1.78. The minimum absolute atomic E-state index is 0.887. The predicted octanol–water partition coefficient (Wildman–Crippen LogP) is 4.21. The topological polar surface area (TPSA) is 29.3 Å². The highest BCUT2D eigenvalue weighted by atomic mass is 16.5. The van der Waals surface area contributed by atoms with Gasteiger partial charge in [0.15, 0.2) is 0 Å². The van der Waals surface area contributed by atoms with Gasteiger partial charge in [0.1, 0.15) is 5.76 Å². The molecule has 0 aliphatic carbocycles. The molecule has 0 fully saturated rings. The van der Waals surface area contributed by atoms with E-state index in [0.717, 1.165) is 31.0 Å². The summed E-state index contributed by atoms with van der Waals surface area (Å²) >= 11 is 0. The van der Waals surface area contributed by atoms with Crippen LogP contribution in [0.15, 0.2) is 59.1 Å². The summed E-state index contributed by atoms with van der Waals surface area (Å²) < 4.78 is 5.55. The number of benzene rings is 2. The molecule has 3 heteroatoms. The van der Waals surface area contributed by atoms with Gasteiger partial charge in [0.25, 0.3) is 0 Å². The predicted molar refractivity (Wildman–Crippen MR) is 87.9 cm³/mol. The van der Waals surface area contributed by atoms with E-state index < -0.39 is 0 Å². The van der Waals surface area contributed by atoms with E-state index in [4.69, 9.17) is 4.52 Å². The molecule has 0 bridgehead atoms. The van der Waals surface area contributed by atoms with Crippen molar-refractivity contribution >= 4 is 5.69 Å². The summed E-state index contributed by atoms with van der Waals surface area (Å²) in [6, 6.07) is 19.2. The molecule has 0 saturated heterocycles. The van der Waals surface area contributed by atoms with Gasteiger partial charge >= 0.3 is 0 Å². The van der Waals surface area contributed by atoms with Gasteiger partial charge in [0.2, 0.25) is 0 Å². The number of para-hydroxylation sites is 1. The molecule has 0 N–H and O–H groups in total. The Kier molecular flexibility index (Phi) is 3.19. The zero-order chi connectivity index (χ0) is 14.9. The first kappa shape index (κ1) is 13.1. The molecule has 0 saturated carbocycles. The fourth-order valence-electron chi connectivity index (χ4n) is 3.22. The average molecular weight is 290 g/mol. The standard InChI is InChI=1S/C19H18N2O/c1-14-19-16-9-5-6-10-17(16)21(12-11-18(19)22-20-14)13-15-7-3-2-4-8-15/h2-10H,11-13H2,1H3. The lowest BCUT2D eigenvalue weighted by Gasteiger charge is -2.25. The van der Waals surface area contributed by atoms with E-state index in [9.17, 15) is 0 Å². The molecule has 0 atom stereocenters. The van der Waals surface area contributed by atoms with E-state index in [1.54, 1.807) is 0 Å². The number of hydrogen-bond donors (Lipinski definition) is 0. The van der Waals surface area contributed by atoms with Crippen LogP contribution >= 0.6 is 0 Å². The summed E-state index contributed by atoms with van der Waals surface area (Å²) in [6.45, 7) is 3.87. The molecule has 0 radical (unpaired) electrons. The third-order valence-electron chi connectivity index (χ3n) is 4.27. The molecule has 0 spiro atoms. The van der Waals surface area contributed by atoms with Crippen molar-refractivity contribution in [2.24, 2.45) is 0 Å². The van der Waals surface area contributed by atoms with Crippen LogP contribution in [0.4, 0.5) is 5.69 Å². The molecule has 22 heavy (non-hydrogen) atoms. The van der Waals surface area contributed by atoms with Gasteiger partial charge in [-0.2, -0.15) is 0 Å². The van der Waals surface area contributed by atoms with Crippen molar-refractivity contribution in [3.63, 3.8) is 0 Å². The van der Waals surface area contributed by atoms with E-state index in [1.807, 2.05) is 6.92 Å². The van der Waals surface area contributed by atoms with E-state index in [0.29, 0.717) is 0 Å². The molecule has 0 amide bonds. The Morgan fingerprint density at radius 1 is 1.05 bits per heavy atom. The highest BCUT2D eigenvalue weighted by molar-refractivity contribution is 5.82. The lowest BCUT2D eigenvalue weighted by atomic mass is 10.0. The monoisotopic (exact) mass is 290 g/mol. The highest BCUT2D eigenvalue weighted by Crippen LogP contribution is 2.38. The van der Waals surface area contributed by atoms with Gasteiger partial charge < -0.3 is 9.42 Å². The second-order valence-corrected chi connectivity index (χ2v) is 5.74. The molecule has 3 nitrogen and oxygen atoms in total. The zero-order valence-corrected chi connectivity index (χ0v) is 12.6. The highest BCUT2D eigenvalue weighted by Gasteiger charge is 2.24. The third-order valence-corrected chi connectivity index (χ3v) is 4.27. The second kappa shape index (κ2) is 5.34. The Hall–Kier alpha value is -2.55. The summed E-state index contributed by atoms with van der Waals surface area (Å²) in [5.41, 5.74) is 5.96. The van der Waals surface area contributed by atoms with Crippen LogP contribution in [0, 0.1) is 6.92 Å². The first-order valence-electron chi connectivity index (χ1n) is 7.66. The van der Waals surface area contributed by atoms with Gasteiger partial charge in [-0.25, -0.2) is 0 Å². The number of hydrogen-bond acceptors (Lipinski definition) is 3. The molecule has 1 aliphatic heterocycles. The minimum atomic E-state index is 0.887. The van der Waals surface area contributed by atoms with Crippen molar-refractivity contribution < 1.29 is 4.52 Å². The second-order valence-electron chi connectivity index (χ2n) is 5.74. The van der Waals surface area contributed by atoms with Gasteiger partial charge in [-0.1, -0.05) is 53.7 Å². The van der Waals surface area contributed by atoms with Crippen molar-refractivity contribution in [3.8, 4) is 11.1 Å². The number of fused-ring (bicyclic) bond motifs is 3. The van der Waals surface area contributed by atoms with Crippen LogP contribution < -0.4 is 4.90 Å². The van der Waals surface area contributed by atoms with Gasteiger partial charge in [0, 0.05) is 36.3 Å². The van der Waals surface area contributed by atoms with Crippen LogP contribution in [-0.2, 0) is 13.0 Å². The molecular weight excluding hydrogens is 272 g/mol. The maximum Gasteiger partial charge on any atom is 0.146 e. The first-order valence-corrected chi connectivity index (χ1v) is 7.66. The number of nitrogens with zero attached hydrogens (tertiary/aromatic N) is 2. The fraction of sp³-hybridized carbons (Fsp3) is 0.211. The Morgan fingerprint density at radius 3 is 2.68 bits per heavy atom. The van der Waals surface area contributed by atoms with Crippen molar-refractivity contribution in [1.82, 2.24) is 5.16 Å². The lowest BCUT2D eigenvalue weighted by molar-refractivity contribution is 0.380. The molecule has 110 valence electrons. The van der Waals surface area contributed by atoms with Crippen LogP contribution in [0.1, 0.15) is 17.0 Å². The molecule has 0 unspecified atom stereocenters. The third kappa shape index (κ3) is 2.19.